The maximum absolute atomic E-state index is 12.8. The van der Waals surface area contributed by atoms with Crippen molar-refractivity contribution in [3.8, 4) is 0 Å². The van der Waals surface area contributed by atoms with Crippen LogP contribution >= 0.6 is 0 Å². The first-order valence-corrected chi connectivity index (χ1v) is 8.40. The Balaban J connectivity index is 1.74. The molecule has 2 heterocycles. The molecule has 0 bridgehead atoms. The molecule has 1 unspecified atom stereocenters. The summed E-state index contributed by atoms with van der Waals surface area (Å²) >= 11 is 0. The van der Waals surface area contributed by atoms with Crippen LogP contribution in [-0.4, -0.2) is 45.8 Å². The van der Waals surface area contributed by atoms with Gasteiger partial charge in [-0.15, -0.1) is 0 Å². The fourth-order valence-corrected chi connectivity index (χ4v) is 3.21. The van der Waals surface area contributed by atoms with Gasteiger partial charge < -0.3 is 9.57 Å². The third-order valence-electron chi connectivity index (χ3n) is 5.01. The largest absolute Gasteiger partial charge is 0.447 e. The highest BCUT2D eigenvalue weighted by molar-refractivity contribution is 6.06. The molecule has 0 spiro atoms. The number of non-ortho nitro benzene ring substituents is 1. The van der Waals surface area contributed by atoms with Gasteiger partial charge in [0, 0.05) is 18.6 Å². The number of ether oxygens (including phenoxy) is 1. The van der Waals surface area contributed by atoms with E-state index in [4.69, 9.17) is 9.57 Å². The van der Waals surface area contributed by atoms with E-state index in [1.165, 1.54) is 12.1 Å². The van der Waals surface area contributed by atoms with Crippen molar-refractivity contribution in [3.63, 3.8) is 0 Å². The van der Waals surface area contributed by atoms with Crippen LogP contribution in [0.25, 0.3) is 0 Å². The summed E-state index contributed by atoms with van der Waals surface area (Å²) in [5, 5.41) is 14.7. The summed E-state index contributed by atoms with van der Waals surface area (Å²) in [4.78, 5) is 41.6. The van der Waals surface area contributed by atoms with Crippen LogP contribution in [-0.2, 0) is 14.4 Å². The van der Waals surface area contributed by atoms with Crippen LogP contribution < -0.4 is 0 Å². The number of hydrogen-bond donors (Lipinski definition) is 0. The Labute approximate surface area is 149 Å². The molecule has 0 N–H and O–H groups in total. The SMILES string of the molecule is CCC1(CC)COC(=O)N1C(=O)C1CC(c2ccc([N+](=O)[O-])cc2)=NO1. The molecule has 2 amide bonds. The number of rotatable bonds is 5. The first-order valence-electron chi connectivity index (χ1n) is 8.40. The fraction of sp³-hybridized carbons (Fsp3) is 0.471. The molecule has 9 nitrogen and oxygen atoms in total. The van der Waals surface area contributed by atoms with Gasteiger partial charge >= 0.3 is 6.09 Å². The van der Waals surface area contributed by atoms with E-state index in [2.05, 4.69) is 5.16 Å². The summed E-state index contributed by atoms with van der Waals surface area (Å²) in [5.41, 5.74) is 0.445. The van der Waals surface area contributed by atoms with E-state index in [1.54, 1.807) is 12.1 Å². The van der Waals surface area contributed by atoms with Crippen molar-refractivity contribution in [2.24, 2.45) is 5.16 Å². The van der Waals surface area contributed by atoms with Crippen LogP contribution in [0.5, 0.6) is 0 Å². The second-order valence-corrected chi connectivity index (χ2v) is 6.30. The highest BCUT2D eigenvalue weighted by Gasteiger charge is 2.51. The van der Waals surface area contributed by atoms with Crippen LogP contribution in [0, 0.1) is 10.1 Å². The van der Waals surface area contributed by atoms with Gasteiger partial charge in [0.2, 0.25) is 6.10 Å². The third-order valence-corrected chi connectivity index (χ3v) is 5.01. The zero-order valence-corrected chi connectivity index (χ0v) is 14.5. The van der Waals surface area contributed by atoms with Gasteiger partial charge in [-0.25, -0.2) is 9.69 Å². The number of imide groups is 1. The van der Waals surface area contributed by atoms with Crippen LogP contribution in [0.15, 0.2) is 29.4 Å². The summed E-state index contributed by atoms with van der Waals surface area (Å²) in [6, 6.07) is 5.84. The first kappa shape index (κ1) is 17.8. The van der Waals surface area contributed by atoms with Gasteiger partial charge in [-0.05, 0) is 30.5 Å². The van der Waals surface area contributed by atoms with Crippen molar-refractivity contribution in [2.45, 2.75) is 44.8 Å². The number of hydrogen-bond acceptors (Lipinski definition) is 7. The fourth-order valence-electron chi connectivity index (χ4n) is 3.21. The lowest BCUT2D eigenvalue weighted by Crippen LogP contribution is -2.53. The molecular formula is C17H19N3O6. The van der Waals surface area contributed by atoms with Crippen LogP contribution in [0.4, 0.5) is 10.5 Å². The minimum Gasteiger partial charge on any atom is -0.447 e. The lowest BCUT2D eigenvalue weighted by Gasteiger charge is -2.32. The summed E-state index contributed by atoms with van der Waals surface area (Å²) in [6.45, 7) is 3.98. The van der Waals surface area contributed by atoms with Gasteiger partial charge in [0.25, 0.3) is 11.6 Å². The molecule has 0 aromatic heterocycles. The number of nitrogens with zero attached hydrogens (tertiary/aromatic N) is 3. The Bertz CT molecular complexity index is 769. The number of cyclic esters (lactones) is 1. The molecule has 0 aliphatic carbocycles. The normalized spacial score (nSPS) is 21.2. The molecule has 138 valence electrons. The Morgan fingerprint density at radius 1 is 1.35 bits per heavy atom. The standard InChI is InChI=1S/C17H19N3O6/c1-3-17(4-2)10-25-16(22)19(17)15(21)14-9-13(18-26-14)11-5-7-12(8-6-11)20(23)24/h5-8,14H,3-4,9-10H2,1-2H3. The topological polar surface area (TPSA) is 111 Å². The lowest BCUT2D eigenvalue weighted by molar-refractivity contribution is -0.384. The molecule has 0 radical (unpaired) electrons. The van der Waals surface area contributed by atoms with Gasteiger partial charge in [0.1, 0.15) is 6.61 Å². The molecule has 2 aliphatic heterocycles. The second-order valence-electron chi connectivity index (χ2n) is 6.30. The Morgan fingerprint density at radius 2 is 2.00 bits per heavy atom. The Kier molecular flexibility index (Phi) is 4.62. The number of carbonyl (C=O) groups is 2. The smallest absolute Gasteiger partial charge is 0.417 e. The zero-order chi connectivity index (χ0) is 18.9. The van der Waals surface area contributed by atoms with E-state index < -0.39 is 28.6 Å². The number of nitro groups is 1. The number of benzene rings is 1. The van der Waals surface area contributed by atoms with Gasteiger partial charge in [-0.3, -0.25) is 14.9 Å². The van der Waals surface area contributed by atoms with Gasteiger partial charge in [0.15, 0.2) is 0 Å². The molecule has 1 saturated heterocycles. The zero-order valence-electron chi connectivity index (χ0n) is 14.5. The maximum atomic E-state index is 12.8. The first-order chi connectivity index (χ1) is 12.4. The monoisotopic (exact) mass is 361 g/mol. The van der Waals surface area contributed by atoms with Gasteiger partial charge in [-0.1, -0.05) is 19.0 Å². The number of carbonyl (C=O) groups excluding carboxylic acids is 2. The highest BCUT2D eigenvalue weighted by atomic mass is 16.6. The number of oxime groups is 1. The van der Waals surface area contributed by atoms with Crippen LogP contribution in [0.2, 0.25) is 0 Å². The summed E-state index contributed by atoms with van der Waals surface area (Å²) in [7, 11) is 0. The van der Waals surface area contributed by atoms with Gasteiger partial charge in [-0.2, -0.15) is 0 Å². The van der Waals surface area contributed by atoms with Gasteiger partial charge in [0.05, 0.1) is 16.2 Å². The predicted octanol–water partition coefficient (Wildman–Crippen LogP) is 2.63. The van der Waals surface area contributed by atoms with Crippen molar-refractivity contribution in [1.82, 2.24) is 4.90 Å². The Hall–Kier alpha value is -2.97. The lowest BCUT2D eigenvalue weighted by atomic mass is 9.92. The number of amides is 2. The van der Waals surface area contributed by atoms with E-state index in [-0.39, 0.29) is 18.7 Å². The molecule has 0 saturated carbocycles. The molecule has 1 aromatic rings. The molecular weight excluding hydrogens is 342 g/mol. The number of nitro benzene ring substituents is 1. The summed E-state index contributed by atoms with van der Waals surface area (Å²) < 4.78 is 5.10. The average Bonchev–Trinajstić information content (AvgIpc) is 3.26. The van der Waals surface area contributed by atoms with E-state index >= 15 is 0 Å². The average molecular weight is 361 g/mol. The maximum Gasteiger partial charge on any atom is 0.417 e. The molecule has 2 aliphatic rings. The predicted molar refractivity (Wildman–Crippen MR) is 90.6 cm³/mol. The molecule has 9 heteroatoms. The van der Waals surface area contributed by atoms with E-state index in [1.807, 2.05) is 13.8 Å². The van der Waals surface area contributed by atoms with Crippen molar-refractivity contribution in [1.29, 1.82) is 0 Å². The van der Waals surface area contributed by atoms with Crippen LogP contribution in [0.1, 0.15) is 38.7 Å². The Morgan fingerprint density at radius 3 is 2.58 bits per heavy atom. The molecule has 1 aromatic carbocycles. The van der Waals surface area contributed by atoms with E-state index in [0.717, 1.165) is 4.90 Å². The molecule has 26 heavy (non-hydrogen) atoms. The second kappa shape index (κ2) is 6.74. The summed E-state index contributed by atoms with van der Waals surface area (Å²) in [5.74, 6) is -0.475. The molecule has 1 atom stereocenters. The van der Waals surface area contributed by atoms with Crippen molar-refractivity contribution >= 4 is 23.4 Å². The van der Waals surface area contributed by atoms with E-state index in [0.29, 0.717) is 24.1 Å². The van der Waals surface area contributed by atoms with Crippen molar-refractivity contribution in [3.05, 3.63) is 39.9 Å². The van der Waals surface area contributed by atoms with Crippen molar-refractivity contribution < 1.29 is 24.1 Å². The van der Waals surface area contributed by atoms with Crippen LogP contribution in [0.3, 0.4) is 0 Å². The van der Waals surface area contributed by atoms with Crippen molar-refractivity contribution in [2.75, 3.05) is 6.61 Å². The minimum atomic E-state index is -0.914. The summed E-state index contributed by atoms with van der Waals surface area (Å²) in [6.07, 6.45) is -0.216. The molecule has 1 fully saturated rings. The molecule has 3 rings (SSSR count). The van der Waals surface area contributed by atoms with E-state index in [9.17, 15) is 19.7 Å². The minimum absolute atomic E-state index is 0.0311. The highest BCUT2D eigenvalue weighted by Crippen LogP contribution is 2.33. The quantitative estimate of drug-likeness (QED) is 0.589. The third kappa shape index (κ3) is 2.89.